The standard InChI is InChI=1S/C30H34N4O4/c1-6-29-32-30(33-38-29)23-11-13-25(20(2)17-23)22-9-7-21(8-10-22)18-28(35)31-24-12-14-26(36-5)27(19-24)37-16-15-34(3)4/h7-14,17,19H,6,15-16,18H2,1-5H3,(H,31,35). The molecule has 4 rings (SSSR count). The summed E-state index contributed by atoms with van der Waals surface area (Å²) in [4.78, 5) is 19.2. The fourth-order valence-corrected chi connectivity index (χ4v) is 4.04. The number of nitrogens with one attached hydrogen (secondary N) is 1. The second-order valence-electron chi connectivity index (χ2n) is 9.33. The lowest BCUT2D eigenvalue weighted by atomic mass is 9.97. The van der Waals surface area contributed by atoms with Crippen LogP contribution in [0.4, 0.5) is 5.69 Å². The first kappa shape index (κ1) is 26.9. The van der Waals surface area contributed by atoms with Crippen LogP contribution < -0.4 is 14.8 Å². The molecule has 0 saturated carbocycles. The number of methoxy groups -OCH3 is 1. The second kappa shape index (κ2) is 12.4. The monoisotopic (exact) mass is 514 g/mol. The zero-order valence-corrected chi connectivity index (χ0v) is 22.6. The number of anilines is 1. The molecule has 4 aromatic rings. The Kier molecular flexibility index (Phi) is 8.76. The van der Waals surface area contributed by atoms with Gasteiger partial charge in [0.2, 0.25) is 17.6 Å². The van der Waals surface area contributed by atoms with Crippen LogP contribution in [-0.2, 0) is 17.6 Å². The molecule has 0 aliphatic rings. The molecule has 1 amide bonds. The van der Waals surface area contributed by atoms with E-state index in [1.54, 1.807) is 19.2 Å². The molecule has 38 heavy (non-hydrogen) atoms. The summed E-state index contributed by atoms with van der Waals surface area (Å²) in [6, 6.07) is 19.6. The van der Waals surface area contributed by atoms with Crippen molar-refractivity contribution in [3.8, 4) is 34.0 Å². The van der Waals surface area contributed by atoms with Crippen LogP contribution in [0.25, 0.3) is 22.5 Å². The Morgan fingerprint density at radius 3 is 2.42 bits per heavy atom. The summed E-state index contributed by atoms with van der Waals surface area (Å²) in [6.07, 6.45) is 0.972. The van der Waals surface area contributed by atoms with Gasteiger partial charge in [-0.1, -0.05) is 48.5 Å². The van der Waals surface area contributed by atoms with Crippen molar-refractivity contribution < 1.29 is 18.8 Å². The zero-order valence-electron chi connectivity index (χ0n) is 22.6. The molecule has 0 unspecified atom stereocenters. The van der Waals surface area contributed by atoms with Crippen molar-refractivity contribution in [1.29, 1.82) is 0 Å². The van der Waals surface area contributed by atoms with Crippen LogP contribution in [-0.4, -0.2) is 55.3 Å². The summed E-state index contributed by atoms with van der Waals surface area (Å²) < 4.78 is 16.5. The average molecular weight is 515 g/mol. The summed E-state index contributed by atoms with van der Waals surface area (Å²) in [5, 5.41) is 7.02. The predicted octanol–water partition coefficient (Wildman–Crippen LogP) is 5.40. The van der Waals surface area contributed by atoms with Crippen molar-refractivity contribution in [3.05, 3.63) is 77.7 Å². The Hall–Kier alpha value is -4.17. The molecule has 3 aromatic carbocycles. The van der Waals surface area contributed by atoms with Crippen LogP contribution in [0.1, 0.15) is 23.9 Å². The summed E-state index contributed by atoms with van der Waals surface area (Å²) in [5.41, 5.74) is 5.82. The van der Waals surface area contributed by atoms with E-state index in [0.29, 0.717) is 41.9 Å². The summed E-state index contributed by atoms with van der Waals surface area (Å²) in [7, 11) is 5.57. The molecule has 0 saturated heterocycles. The highest BCUT2D eigenvalue weighted by molar-refractivity contribution is 5.92. The molecule has 0 aliphatic carbocycles. The van der Waals surface area contributed by atoms with Gasteiger partial charge < -0.3 is 24.2 Å². The number of rotatable bonds is 11. The first-order valence-electron chi connectivity index (χ1n) is 12.6. The number of aromatic nitrogens is 2. The fourth-order valence-electron chi connectivity index (χ4n) is 4.04. The lowest BCUT2D eigenvalue weighted by molar-refractivity contribution is -0.115. The molecule has 8 nitrogen and oxygen atoms in total. The van der Waals surface area contributed by atoms with Gasteiger partial charge in [0.05, 0.1) is 13.5 Å². The molecule has 0 atom stereocenters. The minimum atomic E-state index is -0.103. The number of carbonyl (C=O) groups excluding carboxylic acids is 1. The normalized spacial score (nSPS) is 11.0. The molecule has 8 heteroatoms. The first-order chi connectivity index (χ1) is 18.4. The molecule has 198 valence electrons. The highest BCUT2D eigenvalue weighted by Gasteiger charge is 2.12. The van der Waals surface area contributed by atoms with Crippen LogP contribution in [0.5, 0.6) is 11.5 Å². The average Bonchev–Trinajstić information content (AvgIpc) is 3.39. The molecule has 0 aliphatic heterocycles. The van der Waals surface area contributed by atoms with Crippen molar-refractivity contribution in [2.75, 3.05) is 39.7 Å². The Morgan fingerprint density at radius 1 is 1.00 bits per heavy atom. The summed E-state index contributed by atoms with van der Waals surface area (Å²) in [5.74, 6) is 2.35. The van der Waals surface area contributed by atoms with E-state index in [2.05, 4.69) is 34.5 Å². The number of aryl methyl sites for hydroxylation is 2. The van der Waals surface area contributed by atoms with Crippen LogP contribution in [0, 0.1) is 6.92 Å². The molecule has 0 fully saturated rings. The Balaban J connectivity index is 1.39. The quantitative estimate of drug-likeness (QED) is 0.286. The van der Waals surface area contributed by atoms with Gasteiger partial charge in [-0.05, 0) is 61.5 Å². The van der Waals surface area contributed by atoms with E-state index in [0.717, 1.165) is 34.4 Å². The molecule has 0 bridgehead atoms. The lowest BCUT2D eigenvalue weighted by Gasteiger charge is -2.15. The summed E-state index contributed by atoms with van der Waals surface area (Å²) >= 11 is 0. The maximum atomic E-state index is 12.7. The predicted molar refractivity (Wildman–Crippen MR) is 149 cm³/mol. The van der Waals surface area contributed by atoms with E-state index in [1.807, 2.05) is 62.3 Å². The van der Waals surface area contributed by atoms with Crippen molar-refractivity contribution in [1.82, 2.24) is 15.0 Å². The largest absolute Gasteiger partial charge is 0.493 e. The lowest BCUT2D eigenvalue weighted by Crippen LogP contribution is -2.19. The van der Waals surface area contributed by atoms with Crippen molar-refractivity contribution in [3.63, 3.8) is 0 Å². The van der Waals surface area contributed by atoms with Crippen molar-refractivity contribution in [2.45, 2.75) is 26.7 Å². The highest BCUT2D eigenvalue weighted by atomic mass is 16.5. The number of amides is 1. The fraction of sp³-hybridized carbons (Fsp3) is 0.300. The van der Waals surface area contributed by atoms with E-state index in [1.165, 1.54) is 0 Å². The maximum Gasteiger partial charge on any atom is 0.228 e. The molecular weight excluding hydrogens is 480 g/mol. The van der Waals surface area contributed by atoms with E-state index in [4.69, 9.17) is 14.0 Å². The number of hydrogen-bond donors (Lipinski definition) is 1. The molecule has 0 spiro atoms. The van der Waals surface area contributed by atoms with Gasteiger partial charge in [0, 0.05) is 30.3 Å². The Labute approximate surface area is 223 Å². The van der Waals surface area contributed by atoms with Gasteiger partial charge in [0.25, 0.3) is 0 Å². The van der Waals surface area contributed by atoms with Gasteiger partial charge in [-0.2, -0.15) is 4.98 Å². The maximum absolute atomic E-state index is 12.7. The number of nitrogens with zero attached hydrogens (tertiary/aromatic N) is 3. The van der Waals surface area contributed by atoms with E-state index in [9.17, 15) is 4.79 Å². The van der Waals surface area contributed by atoms with Gasteiger partial charge in [0.15, 0.2) is 11.5 Å². The van der Waals surface area contributed by atoms with Crippen LogP contribution in [0.2, 0.25) is 0 Å². The number of benzene rings is 3. The minimum absolute atomic E-state index is 0.103. The van der Waals surface area contributed by atoms with Crippen LogP contribution in [0.3, 0.4) is 0 Å². The molecular formula is C30H34N4O4. The van der Waals surface area contributed by atoms with Gasteiger partial charge in [-0.3, -0.25) is 4.79 Å². The number of ether oxygens (including phenoxy) is 2. The van der Waals surface area contributed by atoms with Gasteiger partial charge >= 0.3 is 0 Å². The highest BCUT2D eigenvalue weighted by Crippen LogP contribution is 2.31. The molecule has 1 aromatic heterocycles. The zero-order chi connectivity index (χ0) is 27.1. The Morgan fingerprint density at radius 2 is 1.76 bits per heavy atom. The van der Waals surface area contributed by atoms with Crippen molar-refractivity contribution in [2.24, 2.45) is 0 Å². The van der Waals surface area contributed by atoms with Crippen LogP contribution >= 0.6 is 0 Å². The number of carbonyl (C=O) groups is 1. The number of hydrogen-bond acceptors (Lipinski definition) is 7. The van der Waals surface area contributed by atoms with Crippen LogP contribution in [0.15, 0.2) is 65.2 Å². The van der Waals surface area contributed by atoms with Crippen molar-refractivity contribution >= 4 is 11.6 Å². The van der Waals surface area contributed by atoms with Gasteiger partial charge in [-0.15, -0.1) is 0 Å². The minimum Gasteiger partial charge on any atom is -0.493 e. The van der Waals surface area contributed by atoms with E-state index < -0.39 is 0 Å². The topological polar surface area (TPSA) is 89.7 Å². The molecule has 0 radical (unpaired) electrons. The summed E-state index contributed by atoms with van der Waals surface area (Å²) in [6.45, 7) is 5.34. The van der Waals surface area contributed by atoms with E-state index in [-0.39, 0.29) is 12.3 Å². The number of likely N-dealkylation sites (N-methyl/N-ethyl adjacent to an activating group) is 1. The second-order valence-corrected chi connectivity index (χ2v) is 9.33. The van der Waals surface area contributed by atoms with E-state index >= 15 is 0 Å². The Bertz CT molecular complexity index is 1380. The third-order valence-electron chi connectivity index (χ3n) is 6.13. The smallest absolute Gasteiger partial charge is 0.228 e. The van der Waals surface area contributed by atoms with Gasteiger partial charge in [-0.25, -0.2) is 0 Å². The van der Waals surface area contributed by atoms with Gasteiger partial charge in [0.1, 0.15) is 6.61 Å². The molecule has 1 N–H and O–H groups in total. The molecule has 1 heterocycles. The first-order valence-corrected chi connectivity index (χ1v) is 12.6. The third-order valence-corrected chi connectivity index (χ3v) is 6.13. The third kappa shape index (κ3) is 6.77. The SMILES string of the molecule is CCc1nc(-c2ccc(-c3ccc(CC(=O)Nc4ccc(OC)c(OCCN(C)C)c4)cc3)c(C)c2)no1.